The highest BCUT2D eigenvalue weighted by Crippen LogP contribution is 2.29. The highest BCUT2D eigenvalue weighted by Gasteiger charge is 2.29. The zero-order valence-corrected chi connectivity index (χ0v) is 13.5. The molecule has 0 bridgehead atoms. The van der Waals surface area contributed by atoms with E-state index in [9.17, 15) is 13.6 Å². The minimum atomic E-state index is -0.498. The molecule has 0 unspecified atom stereocenters. The topological polar surface area (TPSA) is 67.0 Å². The molecule has 2 atom stereocenters. The van der Waals surface area contributed by atoms with Crippen molar-refractivity contribution in [2.75, 3.05) is 6.54 Å². The summed E-state index contributed by atoms with van der Waals surface area (Å²) in [6.45, 7) is 4.05. The molecule has 7 heteroatoms. The molecule has 1 aromatic carbocycles. The molecule has 0 saturated carbocycles. The molecule has 2 N–H and O–H groups in total. The molecule has 1 aliphatic rings. The van der Waals surface area contributed by atoms with Gasteiger partial charge in [0, 0.05) is 18.5 Å². The van der Waals surface area contributed by atoms with Crippen LogP contribution in [-0.4, -0.2) is 28.8 Å². The molecule has 1 aliphatic heterocycles. The van der Waals surface area contributed by atoms with Crippen molar-refractivity contribution in [3.8, 4) is 0 Å². The van der Waals surface area contributed by atoms with E-state index in [0.717, 1.165) is 29.5 Å². The van der Waals surface area contributed by atoms with Gasteiger partial charge in [-0.05, 0) is 44.0 Å². The summed E-state index contributed by atoms with van der Waals surface area (Å²) in [5.74, 6) is -1.31. The third-order valence-corrected chi connectivity index (χ3v) is 4.14. The Morgan fingerprint density at radius 3 is 3.00 bits per heavy atom. The molecule has 0 saturated heterocycles. The van der Waals surface area contributed by atoms with Crippen LogP contribution in [0.3, 0.4) is 0 Å². The molecule has 128 valence electrons. The van der Waals surface area contributed by atoms with Gasteiger partial charge in [-0.1, -0.05) is 0 Å². The van der Waals surface area contributed by atoms with Crippen LogP contribution in [0.1, 0.15) is 47.3 Å². The van der Waals surface area contributed by atoms with E-state index in [-0.39, 0.29) is 36.6 Å². The van der Waals surface area contributed by atoms with Gasteiger partial charge in [0.2, 0.25) is 0 Å². The Bertz CT molecular complexity index is 760. The predicted octanol–water partition coefficient (Wildman–Crippen LogP) is 2.68. The van der Waals surface area contributed by atoms with E-state index >= 15 is 0 Å². The van der Waals surface area contributed by atoms with Gasteiger partial charge in [-0.15, -0.1) is 0 Å². The van der Waals surface area contributed by atoms with Gasteiger partial charge in [0.25, 0.3) is 5.91 Å². The lowest BCUT2D eigenvalue weighted by atomic mass is 9.99. The minimum absolute atomic E-state index is 0.0121. The molecule has 2 aromatic rings. The SMILES string of the molecule is C[C@@H]1Cc2c(C(=O)NCCc3cc(F)ccc3F)n[nH]c2[C@H](C)O1. The highest BCUT2D eigenvalue weighted by atomic mass is 19.1. The molecular weight excluding hydrogens is 316 g/mol. The first-order valence-electron chi connectivity index (χ1n) is 7.90. The molecule has 24 heavy (non-hydrogen) atoms. The first-order valence-corrected chi connectivity index (χ1v) is 7.90. The predicted molar refractivity (Wildman–Crippen MR) is 83.6 cm³/mol. The van der Waals surface area contributed by atoms with Gasteiger partial charge in [0.1, 0.15) is 11.6 Å². The maximum atomic E-state index is 13.6. The standard InChI is InChI=1S/C17H19F2N3O2/c1-9-7-13-15(10(2)24-9)21-22-16(13)17(23)20-6-5-11-8-12(18)3-4-14(11)19/h3-4,8-10H,5-7H2,1-2H3,(H,20,23)(H,21,22)/t9-,10+/m1/s1. The number of rotatable bonds is 4. The lowest BCUT2D eigenvalue weighted by molar-refractivity contribution is -0.00697. The fraction of sp³-hybridized carbons (Fsp3) is 0.412. The fourth-order valence-corrected chi connectivity index (χ4v) is 2.99. The summed E-state index contributed by atoms with van der Waals surface area (Å²) in [5.41, 5.74) is 2.24. The Morgan fingerprint density at radius 2 is 2.21 bits per heavy atom. The van der Waals surface area contributed by atoms with Gasteiger partial charge < -0.3 is 10.1 Å². The summed E-state index contributed by atoms with van der Waals surface area (Å²) in [4.78, 5) is 12.3. The smallest absolute Gasteiger partial charge is 0.272 e. The number of halogens is 2. The number of H-pyrrole nitrogens is 1. The van der Waals surface area contributed by atoms with Crippen LogP contribution in [0.5, 0.6) is 0 Å². The van der Waals surface area contributed by atoms with Gasteiger partial charge in [-0.2, -0.15) is 5.10 Å². The van der Waals surface area contributed by atoms with Gasteiger partial charge in [0.15, 0.2) is 5.69 Å². The molecule has 0 fully saturated rings. The van der Waals surface area contributed by atoms with Crippen molar-refractivity contribution < 1.29 is 18.3 Å². The Balaban J connectivity index is 1.65. The number of hydrogen-bond donors (Lipinski definition) is 2. The van der Waals surface area contributed by atoms with Crippen LogP contribution in [0.2, 0.25) is 0 Å². The van der Waals surface area contributed by atoms with Crippen LogP contribution in [0.15, 0.2) is 18.2 Å². The van der Waals surface area contributed by atoms with Gasteiger partial charge >= 0.3 is 0 Å². The summed E-state index contributed by atoms with van der Waals surface area (Å²) >= 11 is 0. The number of benzene rings is 1. The molecule has 5 nitrogen and oxygen atoms in total. The van der Waals surface area contributed by atoms with Crippen LogP contribution in [0, 0.1) is 11.6 Å². The van der Waals surface area contributed by atoms with Crippen LogP contribution < -0.4 is 5.32 Å². The van der Waals surface area contributed by atoms with E-state index in [1.54, 1.807) is 0 Å². The first-order chi connectivity index (χ1) is 11.5. The van der Waals surface area contributed by atoms with Crippen molar-refractivity contribution >= 4 is 5.91 Å². The number of aromatic amines is 1. The van der Waals surface area contributed by atoms with E-state index in [1.807, 2.05) is 13.8 Å². The number of amides is 1. The monoisotopic (exact) mass is 335 g/mol. The van der Waals surface area contributed by atoms with Crippen LogP contribution in [-0.2, 0) is 17.6 Å². The van der Waals surface area contributed by atoms with Gasteiger partial charge in [0.05, 0.1) is 17.9 Å². The Labute approximate surface area is 138 Å². The molecule has 0 aliphatic carbocycles. The normalized spacial score (nSPS) is 19.8. The van der Waals surface area contributed by atoms with Crippen LogP contribution in [0.25, 0.3) is 0 Å². The summed E-state index contributed by atoms with van der Waals surface area (Å²) in [7, 11) is 0. The number of hydrogen-bond acceptors (Lipinski definition) is 3. The maximum absolute atomic E-state index is 13.6. The summed E-state index contributed by atoms with van der Waals surface area (Å²) < 4.78 is 32.4. The van der Waals surface area contributed by atoms with Crippen molar-refractivity contribution in [1.82, 2.24) is 15.5 Å². The lowest BCUT2D eigenvalue weighted by Crippen LogP contribution is -2.29. The number of nitrogens with one attached hydrogen (secondary N) is 2. The average Bonchev–Trinajstić information content (AvgIpc) is 2.94. The molecule has 3 rings (SSSR count). The van der Waals surface area contributed by atoms with E-state index < -0.39 is 11.6 Å². The Morgan fingerprint density at radius 1 is 1.42 bits per heavy atom. The van der Waals surface area contributed by atoms with Crippen LogP contribution >= 0.6 is 0 Å². The number of carbonyl (C=O) groups is 1. The second-order valence-corrected chi connectivity index (χ2v) is 6.00. The Kier molecular flexibility index (Phi) is 4.62. The zero-order valence-electron chi connectivity index (χ0n) is 13.5. The van der Waals surface area contributed by atoms with E-state index in [2.05, 4.69) is 15.5 Å². The van der Waals surface area contributed by atoms with Crippen molar-refractivity contribution in [3.63, 3.8) is 0 Å². The number of nitrogens with zero attached hydrogens (tertiary/aromatic N) is 1. The number of ether oxygens (including phenoxy) is 1. The third-order valence-electron chi connectivity index (χ3n) is 4.14. The van der Waals surface area contributed by atoms with Crippen molar-refractivity contribution in [2.45, 2.75) is 38.9 Å². The second-order valence-electron chi connectivity index (χ2n) is 6.00. The number of carbonyl (C=O) groups excluding carboxylic acids is 1. The lowest BCUT2D eigenvalue weighted by Gasteiger charge is -2.25. The van der Waals surface area contributed by atoms with E-state index in [1.165, 1.54) is 0 Å². The summed E-state index contributed by atoms with van der Waals surface area (Å²) in [5, 5.41) is 9.65. The zero-order chi connectivity index (χ0) is 17.3. The van der Waals surface area contributed by atoms with E-state index in [4.69, 9.17) is 4.74 Å². The molecule has 1 amide bonds. The maximum Gasteiger partial charge on any atom is 0.272 e. The van der Waals surface area contributed by atoms with Crippen molar-refractivity contribution in [2.24, 2.45) is 0 Å². The first kappa shape index (κ1) is 16.6. The third kappa shape index (κ3) is 3.31. The highest BCUT2D eigenvalue weighted by molar-refractivity contribution is 5.94. The minimum Gasteiger partial charge on any atom is -0.369 e. The summed E-state index contributed by atoms with van der Waals surface area (Å²) in [6, 6.07) is 3.29. The molecule has 0 spiro atoms. The molecular formula is C17H19F2N3O2. The largest absolute Gasteiger partial charge is 0.369 e. The summed E-state index contributed by atoms with van der Waals surface area (Å²) in [6.07, 6.45) is 0.687. The van der Waals surface area contributed by atoms with Crippen molar-refractivity contribution in [1.29, 1.82) is 0 Å². The fourth-order valence-electron chi connectivity index (χ4n) is 2.99. The molecule has 2 heterocycles. The Hall–Kier alpha value is -2.28. The number of fused-ring (bicyclic) bond motifs is 1. The van der Waals surface area contributed by atoms with E-state index in [0.29, 0.717) is 12.1 Å². The molecule has 0 radical (unpaired) electrons. The molecule has 1 aromatic heterocycles. The van der Waals surface area contributed by atoms with Crippen LogP contribution in [0.4, 0.5) is 8.78 Å². The van der Waals surface area contributed by atoms with Gasteiger partial charge in [-0.25, -0.2) is 8.78 Å². The quantitative estimate of drug-likeness (QED) is 0.903. The average molecular weight is 335 g/mol. The van der Waals surface area contributed by atoms with Crippen molar-refractivity contribution in [3.05, 3.63) is 52.3 Å². The number of aromatic nitrogens is 2. The van der Waals surface area contributed by atoms with Gasteiger partial charge in [-0.3, -0.25) is 9.89 Å². The second kappa shape index (κ2) is 6.68.